The van der Waals surface area contributed by atoms with Crippen LogP contribution < -0.4 is 5.32 Å². The Morgan fingerprint density at radius 2 is 1.54 bits per heavy atom. The Morgan fingerprint density at radius 3 is 2.04 bits per heavy atom. The van der Waals surface area contributed by atoms with E-state index in [-0.39, 0.29) is 0 Å². The van der Waals surface area contributed by atoms with Crippen LogP contribution in [-0.2, 0) is 14.3 Å². The number of esters is 1. The molecule has 0 aromatic heterocycles. The summed E-state index contributed by atoms with van der Waals surface area (Å²) >= 11 is 0. The van der Waals surface area contributed by atoms with Crippen molar-refractivity contribution in [1.29, 1.82) is 0 Å². The minimum absolute atomic E-state index is 0.558. The fourth-order valence-electron chi connectivity index (χ4n) is 2.62. The summed E-state index contributed by atoms with van der Waals surface area (Å²) in [5, 5.41) is 2.50. The van der Waals surface area contributed by atoms with Gasteiger partial charge in [0.15, 0.2) is 0 Å². The fourth-order valence-corrected chi connectivity index (χ4v) is 2.62. The van der Waals surface area contributed by atoms with Gasteiger partial charge in [0.1, 0.15) is 0 Å². The normalized spacial score (nSPS) is 11.6. The predicted octanol–water partition coefficient (Wildman–Crippen LogP) is 4.37. The Bertz CT molecular complexity index is 690. The van der Waals surface area contributed by atoms with E-state index >= 15 is 0 Å². The molecule has 2 rings (SSSR count). The summed E-state index contributed by atoms with van der Waals surface area (Å²) in [4.78, 5) is 22.6. The number of carbonyl (C=O) groups excluding carboxylic acids is 2. The third kappa shape index (κ3) is 4.44. The Balaban J connectivity index is 2.07. The van der Waals surface area contributed by atoms with E-state index in [1.165, 1.54) is 25.5 Å². The maximum atomic E-state index is 11.5. The average molecular weight is 325 g/mol. The van der Waals surface area contributed by atoms with Crippen LogP contribution in [0.1, 0.15) is 38.2 Å². The number of nitrogens with one attached hydrogen (secondary N) is 1. The number of carbonyl (C=O) groups is 2. The molecule has 0 bridgehead atoms. The molecular weight excluding hydrogens is 302 g/mol. The predicted molar refractivity (Wildman–Crippen MR) is 95.8 cm³/mol. The molecule has 1 unspecified atom stereocenters. The van der Waals surface area contributed by atoms with Gasteiger partial charge in [-0.3, -0.25) is 4.79 Å². The Kier molecular flexibility index (Phi) is 6.13. The molecule has 0 saturated carbocycles. The van der Waals surface area contributed by atoms with E-state index in [9.17, 15) is 9.59 Å². The van der Waals surface area contributed by atoms with E-state index in [0.29, 0.717) is 11.6 Å². The smallest absolute Gasteiger partial charge is 0.396 e. The van der Waals surface area contributed by atoms with Gasteiger partial charge in [-0.1, -0.05) is 56.7 Å². The quantitative estimate of drug-likeness (QED) is 0.656. The molecule has 0 heterocycles. The lowest BCUT2D eigenvalue weighted by molar-refractivity contribution is -0.150. The van der Waals surface area contributed by atoms with Crippen LogP contribution in [0.15, 0.2) is 48.5 Å². The van der Waals surface area contributed by atoms with Crippen LogP contribution in [0.4, 0.5) is 5.69 Å². The molecular formula is C20H23NO3. The molecule has 0 radical (unpaired) electrons. The number of methoxy groups -OCH3 is 1. The van der Waals surface area contributed by atoms with Crippen molar-refractivity contribution in [3.05, 3.63) is 54.1 Å². The molecule has 2 aromatic carbocycles. The van der Waals surface area contributed by atoms with E-state index in [2.05, 4.69) is 48.2 Å². The number of benzene rings is 2. The van der Waals surface area contributed by atoms with Gasteiger partial charge >= 0.3 is 11.9 Å². The molecule has 1 amide bonds. The Morgan fingerprint density at radius 1 is 1.00 bits per heavy atom. The minimum Gasteiger partial charge on any atom is -0.462 e. The Labute approximate surface area is 142 Å². The number of amides is 1. The lowest BCUT2D eigenvalue weighted by Gasteiger charge is -2.11. The van der Waals surface area contributed by atoms with E-state index in [4.69, 9.17) is 0 Å². The maximum Gasteiger partial charge on any atom is 0.396 e. The molecule has 0 aliphatic heterocycles. The van der Waals surface area contributed by atoms with Gasteiger partial charge < -0.3 is 10.1 Å². The highest BCUT2D eigenvalue weighted by Gasteiger charge is 2.13. The zero-order valence-electron chi connectivity index (χ0n) is 14.3. The van der Waals surface area contributed by atoms with Crippen molar-refractivity contribution in [1.82, 2.24) is 0 Å². The molecule has 0 fully saturated rings. The third-order valence-corrected chi connectivity index (χ3v) is 4.05. The number of rotatable bonds is 5. The number of anilines is 1. The molecule has 1 atom stereocenters. The van der Waals surface area contributed by atoms with Crippen molar-refractivity contribution < 1.29 is 14.3 Å². The highest BCUT2D eigenvalue weighted by molar-refractivity contribution is 6.37. The number of ether oxygens (including phenoxy) is 1. The molecule has 0 saturated heterocycles. The van der Waals surface area contributed by atoms with Gasteiger partial charge in [0.05, 0.1) is 7.11 Å². The molecule has 24 heavy (non-hydrogen) atoms. The second-order valence-electron chi connectivity index (χ2n) is 5.83. The first-order chi connectivity index (χ1) is 11.5. The lowest BCUT2D eigenvalue weighted by atomic mass is 9.94. The van der Waals surface area contributed by atoms with E-state index in [1.807, 2.05) is 12.1 Å². The first kappa shape index (κ1) is 17.7. The van der Waals surface area contributed by atoms with Gasteiger partial charge in [0.2, 0.25) is 0 Å². The molecule has 4 heteroatoms. The topological polar surface area (TPSA) is 55.4 Å². The van der Waals surface area contributed by atoms with Crippen molar-refractivity contribution in [3.8, 4) is 11.1 Å². The zero-order valence-corrected chi connectivity index (χ0v) is 14.3. The summed E-state index contributed by atoms with van der Waals surface area (Å²) in [5.41, 5.74) is 4.08. The number of hydrogen-bond donors (Lipinski definition) is 1. The molecule has 126 valence electrons. The second kappa shape index (κ2) is 8.29. The van der Waals surface area contributed by atoms with E-state index < -0.39 is 11.9 Å². The SMILES string of the molecule is CCCC(C)c1ccc(-c2ccc(NC(=O)C(=O)OC)cc2)cc1. The summed E-state index contributed by atoms with van der Waals surface area (Å²) < 4.78 is 4.37. The molecule has 0 aliphatic carbocycles. The summed E-state index contributed by atoms with van der Waals surface area (Å²) in [6.45, 7) is 4.45. The third-order valence-electron chi connectivity index (χ3n) is 4.05. The summed E-state index contributed by atoms with van der Waals surface area (Å²) in [7, 11) is 1.18. The first-order valence-corrected chi connectivity index (χ1v) is 8.14. The van der Waals surface area contributed by atoms with E-state index in [0.717, 1.165) is 11.1 Å². The van der Waals surface area contributed by atoms with Gasteiger partial charge in [-0.05, 0) is 41.2 Å². The fraction of sp³-hybridized carbons (Fsp3) is 0.300. The van der Waals surface area contributed by atoms with Crippen LogP contribution in [0.3, 0.4) is 0 Å². The van der Waals surface area contributed by atoms with Crippen molar-refractivity contribution in [2.45, 2.75) is 32.6 Å². The standard InChI is InChI=1S/C20H23NO3/c1-4-5-14(2)15-6-8-16(9-7-15)17-10-12-18(13-11-17)21-19(22)20(23)24-3/h6-14H,4-5H2,1-3H3,(H,21,22). The van der Waals surface area contributed by atoms with Gasteiger partial charge in [-0.15, -0.1) is 0 Å². The summed E-state index contributed by atoms with van der Waals surface area (Å²) in [5.74, 6) is -1.12. The summed E-state index contributed by atoms with van der Waals surface area (Å²) in [6.07, 6.45) is 2.37. The Hall–Kier alpha value is -2.62. The van der Waals surface area contributed by atoms with Crippen LogP contribution in [0, 0.1) is 0 Å². The van der Waals surface area contributed by atoms with Gasteiger partial charge in [-0.25, -0.2) is 4.79 Å². The van der Waals surface area contributed by atoms with Gasteiger partial charge in [0.25, 0.3) is 0 Å². The highest BCUT2D eigenvalue weighted by atomic mass is 16.5. The molecule has 0 aliphatic rings. The number of hydrogen-bond acceptors (Lipinski definition) is 3. The molecule has 4 nitrogen and oxygen atoms in total. The van der Waals surface area contributed by atoms with Crippen molar-refractivity contribution in [2.24, 2.45) is 0 Å². The zero-order chi connectivity index (χ0) is 17.5. The van der Waals surface area contributed by atoms with Gasteiger partial charge in [-0.2, -0.15) is 0 Å². The highest BCUT2D eigenvalue weighted by Crippen LogP contribution is 2.26. The lowest BCUT2D eigenvalue weighted by Crippen LogP contribution is -2.23. The van der Waals surface area contributed by atoms with Crippen LogP contribution >= 0.6 is 0 Å². The van der Waals surface area contributed by atoms with Crippen molar-refractivity contribution in [2.75, 3.05) is 12.4 Å². The molecule has 2 aromatic rings. The van der Waals surface area contributed by atoms with Crippen molar-refractivity contribution in [3.63, 3.8) is 0 Å². The van der Waals surface area contributed by atoms with Crippen LogP contribution in [0.2, 0.25) is 0 Å². The van der Waals surface area contributed by atoms with Crippen LogP contribution in [-0.4, -0.2) is 19.0 Å². The second-order valence-corrected chi connectivity index (χ2v) is 5.83. The largest absolute Gasteiger partial charge is 0.462 e. The van der Waals surface area contributed by atoms with Gasteiger partial charge in [0, 0.05) is 5.69 Å². The van der Waals surface area contributed by atoms with Crippen LogP contribution in [0.5, 0.6) is 0 Å². The monoisotopic (exact) mass is 325 g/mol. The molecule has 0 spiro atoms. The maximum absolute atomic E-state index is 11.5. The summed E-state index contributed by atoms with van der Waals surface area (Å²) in [6, 6.07) is 15.9. The average Bonchev–Trinajstić information content (AvgIpc) is 2.62. The van der Waals surface area contributed by atoms with E-state index in [1.54, 1.807) is 12.1 Å². The van der Waals surface area contributed by atoms with Crippen molar-refractivity contribution >= 4 is 17.6 Å². The molecule has 1 N–H and O–H groups in total. The first-order valence-electron chi connectivity index (χ1n) is 8.14. The minimum atomic E-state index is -0.907. The van der Waals surface area contributed by atoms with Crippen LogP contribution in [0.25, 0.3) is 11.1 Å².